The molecule has 0 radical (unpaired) electrons. The van der Waals surface area contributed by atoms with Crippen LogP contribution >= 0.6 is 0 Å². The molecule has 1 nitrogen and oxygen atoms in total. The Bertz CT molecular complexity index is 144. The van der Waals surface area contributed by atoms with Gasteiger partial charge in [-0.15, -0.1) is 0 Å². The average Bonchev–Trinajstić information content (AvgIpc) is 2.28. The SMILES string of the molecule is CCCCCCCCCC(C)(CC)CNC. The molecule has 1 atom stereocenters. The number of rotatable bonds is 11. The van der Waals surface area contributed by atoms with Crippen LogP contribution in [0, 0.1) is 5.41 Å². The third-order valence-corrected chi connectivity index (χ3v) is 3.84. The lowest BCUT2D eigenvalue weighted by molar-refractivity contribution is 0.265. The van der Waals surface area contributed by atoms with Gasteiger partial charge in [0.1, 0.15) is 0 Å². The molecule has 16 heavy (non-hydrogen) atoms. The number of hydrogen-bond acceptors (Lipinski definition) is 1. The molecule has 0 fully saturated rings. The summed E-state index contributed by atoms with van der Waals surface area (Å²) < 4.78 is 0. The molecular weight excluding hydrogens is 194 g/mol. The van der Waals surface area contributed by atoms with Crippen LogP contribution in [-0.2, 0) is 0 Å². The highest BCUT2D eigenvalue weighted by Gasteiger charge is 2.19. The van der Waals surface area contributed by atoms with E-state index in [4.69, 9.17) is 0 Å². The summed E-state index contributed by atoms with van der Waals surface area (Å²) in [5.74, 6) is 0. The van der Waals surface area contributed by atoms with Gasteiger partial charge < -0.3 is 5.32 Å². The lowest BCUT2D eigenvalue weighted by Crippen LogP contribution is -2.28. The zero-order valence-electron chi connectivity index (χ0n) is 12.1. The molecule has 0 saturated carbocycles. The lowest BCUT2D eigenvalue weighted by atomic mass is 9.82. The first-order valence-corrected chi connectivity index (χ1v) is 7.33. The first kappa shape index (κ1) is 16.0. The summed E-state index contributed by atoms with van der Waals surface area (Å²) in [5.41, 5.74) is 0.526. The minimum atomic E-state index is 0.526. The first-order valence-electron chi connectivity index (χ1n) is 7.33. The average molecular weight is 227 g/mol. The highest BCUT2D eigenvalue weighted by atomic mass is 14.8. The van der Waals surface area contributed by atoms with Crippen molar-refractivity contribution in [1.29, 1.82) is 0 Å². The van der Waals surface area contributed by atoms with Gasteiger partial charge in [-0.1, -0.05) is 65.7 Å². The Morgan fingerprint density at radius 3 is 1.94 bits per heavy atom. The van der Waals surface area contributed by atoms with E-state index >= 15 is 0 Å². The van der Waals surface area contributed by atoms with Crippen molar-refractivity contribution in [2.24, 2.45) is 5.41 Å². The van der Waals surface area contributed by atoms with E-state index in [2.05, 4.69) is 33.1 Å². The highest BCUT2D eigenvalue weighted by Crippen LogP contribution is 2.27. The van der Waals surface area contributed by atoms with Crippen LogP contribution in [0.3, 0.4) is 0 Å². The summed E-state index contributed by atoms with van der Waals surface area (Å²) in [6, 6.07) is 0. The first-order chi connectivity index (χ1) is 7.68. The van der Waals surface area contributed by atoms with Crippen molar-refractivity contribution in [3.8, 4) is 0 Å². The molecule has 98 valence electrons. The predicted octanol–water partition coefficient (Wildman–Crippen LogP) is 4.76. The summed E-state index contributed by atoms with van der Waals surface area (Å²) >= 11 is 0. The van der Waals surface area contributed by atoms with Crippen LogP contribution in [-0.4, -0.2) is 13.6 Å². The van der Waals surface area contributed by atoms with E-state index in [9.17, 15) is 0 Å². The van der Waals surface area contributed by atoms with E-state index in [1.807, 2.05) is 0 Å². The van der Waals surface area contributed by atoms with Crippen molar-refractivity contribution in [3.05, 3.63) is 0 Å². The highest BCUT2D eigenvalue weighted by molar-refractivity contribution is 4.74. The monoisotopic (exact) mass is 227 g/mol. The Kier molecular flexibility index (Phi) is 10.1. The smallest absolute Gasteiger partial charge is 0.000205 e. The Labute approximate surface area is 103 Å². The molecule has 1 N–H and O–H groups in total. The number of nitrogens with one attached hydrogen (secondary N) is 1. The van der Waals surface area contributed by atoms with Gasteiger partial charge in [0.15, 0.2) is 0 Å². The van der Waals surface area contributed by atoms with Gasteiger partial charge in [-0.3, -0.25) is 0 Å². The Hall–Kier alpha value is -0.0400. The van der Waals surface area contributed by atoms with Crippen molar-refractivity contribution >= 4 is 0 Å². The second-order valence-corrected chi connectivity index (χ2v) is 5.57. The van der Waals surface area contributed by atoms with Crippen molar-refractivity contribution in [1.82, 2.24) is 5.32 Å². The van der Waals surface area contributed by atoms with Gasteiger partial charge in [0.25, 0.3) is 0 Å². The van der Waals surface area contributed by atoms with Crippen LogP contribution in [0.2, 0.25) is 0 Å². The van der Waals surface area contributed by atoms with E-state index in [-0.39, 0.29) is 0 Å². The molecule has 0 aliphatic carbocycles. The molecular formula is C15H33N. The van der Waals surface area contributed by atoms with Crippen LogP contribution in [0.5, 0.6) is 0 Å². The largest absolute Gasteiger partial charge is 0.319 e. The molecule has 0 aromatic heterocycles. The van der Waals surface area contributed by atoms with Crippen molar-refractivity contribution in [2.45, 2.75) is 78.6 Å². The zero-order valence-corrected chi connectivity index (χ0v) is 12.1. The van der Waals surface area contributed by atoms with Crippen molar-refractivity contribution < 1.29 is 0 Å². The molecule has 0 amide bonds. The summed E-state index contributed by atoms with van der Waals surface area (Å²) in [6.07, 6.45) is 12.6. The van der Waals surface area contributed by atoms with Gasteiger partial charge in [-0.05, 0) is 25.3 Å². The fraction of sp³-hybridized carbons (Fsp3) is 1.00. The molecule has 0 rings (SSSR count). The maximum atomic E-state index is 3.33. The quantitative estimate of drug-likeness (QED) is 0.502. The van der Waals surface area contributed by atoms with Gasteiger partial charge >= 0.3 is 0 Å². The summed E-state index contributed by atoms with van der Waals surface area (Å²) in [7, 11) is 2.07. The summed E-state index contributed by atoms with van der Waals surface area (Å²) in [6.45, 7) is 8.18. The van der Waals surface area contributed by atoms with Crippen LogP contribution in [0.15, 0.2) is 0 Å². The van der Waals surface area contributed by atoms with E-state index < -0.39 is 0 Å². The lowest BCUT2D eigenvalue weighted by Gasteiger charge is -2.28. The molecule has 0 bridgehead atoms. The van der Waals surface area contributed by atoms with Gasteiger partial charge in [-0.25, -0.2) is 0 Å². The van der Waals surface area contributed by atoms with Gasteiger partial charge in [0, 0.05) is 6.54 Å². The van der Waals surface area contributed by atoms with Crippen molar-refractivity contribution in [2.75, 3.05) is 13.6 Å². The summed E-state index contributed by atoms with van der Waals surface area (Å²) in [5, 5.41) is 3.33. The molecule has 0 aromatic rings. The molecule has 0 aliphatic rings. The predicted molar refractivity (Wildman–Crippen MR) is 74.9 cm³/mol. The molecule has 1 heteroatoms. The van der Waals surface area contributed by atoms with E-state index in [0.717, 1.165) is 0 Å². The minimum Gasteiger partial charge on any atom is -0.319 e. The Morgan fingerprint density at radius 2 is 1.44 bits per heavy atom. The maximum absolute atomic E-state index is 3.33. The molecule has 0 spiro atoms. The Morgan fingerprint density at radius 1 is 0.875 bits per heavy atom. The zero-order chi connectivity index (χ0) is 12.3. The van der Waals surface area contributed by atoms with Crippen LogP contribution in [0.4, 0.5) is 0 Å². The summed E-state index contributed by atoms with van der Waals surface area (Å²) in [4.78, 5) is 0. The second kappa shape index (κ2) is 10.1. The van der Waals surface area contributed by atoms with Crippen LogP contribution in [0.25, 0.3) is 0 Å². The van der Waals surface area contributed by atoms with Crippen molar-refractivity contribution in [3.63, 3.8) is 0 Å². The van der Waals surface area contributed by atoms with E-state index in [0.29, 0.717) is 5.41 Å². The molecule has 0 aliphatic heterocycles. The number of hydrogen-bond donors (Lipinski definition) is 1. The van der Waals surface area contributed by atoms with Gasteiger partial charge in [0.05, 0.1) is 0 Å². The van der Waals surface area contributed by atoms with E-state index in [1.54, 1.807) is 0 Å². The standard InChI is InChI=1S/C15H33N/c1-5-7-8-9-10-11-12-13-15(3,6-2)14-16-4/h16H,5-14H2,1-4H3. The minimum absolute atomic E-state index is 0.526. The van der Waals surface area contributed by atoms with Gasteiger partial charge in [-0.2, -0.15) is 0 Å². The third kappa shape index (κ3) is 8.15. The molecule has 0 aromatic carbocycles. The molecule has 0 saturated heterocycles. The fourth-order valence-corrected chi connectivity index (χ4v) is 2.33. The topological polar surface area (TPSA) is 12.0 Å². The van der Waals surface area contributed by atoms with E-state index in [1.165, 1.54) is 64.3 Å². The fourth-order valence-electron chi connectivity index (χ4n) is 2.33. The normalized spacial score (nSPS) is 15.0. The van der Waals surface area contributed by atoms with Gasteiger partial charge in [0.2, 0.25) is 0 Å². The molecule has 1 unspecified atom stereocenters. The third-order valence-electron chi connectivity index (χ3n) is 3.84. The Balaban J connectivity index is 3.41. The second-order valence-electron chi connectivity index (χ2n) is 5.57. The molecule has 0 heterocycles. The number of unbranched alkanes of at least 4 members (excludes halogenated alkanes) is 6. The maximum Gasteiger partial charge on any atom is 0.000205 e. The van der Waals surface area contributed by atoms with Crippen LogP contribution in [0.1, 0.15) is 78.6 Å². The van der Waals surface area contributed by atoms with Crippen LogP contribution < -0.4 is 5.32 Å².